The molecule has 0 fully saturated rings. The maximum Gasteiger partial charge on any atom is 0.268 e. The predicted octanol–water partition coefficient (Wildman–Crippen LogP) is 0.374. The van der Waals surface area contributed by atoms with E-state index in [1.54, 1.807) is 6.07 Å². The van der Waals surface area contributed by atoms with Crippen LogP contribution in [0.25, 0.3) is 0 Å². The van der Waals surface area contributed by atoms with E-state index in [1.807, 2.05) is 0 Å². The standard InChI is InChI=1S/C11H17N3O2/c15-7-2-1-6-14-11(16)8-10-9(13-14)4-3-5-12-10/h8,12,15H,1-7H2. The lowest BCUT2D eigenvalue weighted by atomic mass is 10.1. The number of hydrogen-bond donors (Lipinski definition) is 2. The lowest BCUT2D eigenvalue weighted by Gasteiger charge is -2.17. The summed E-state index contributed by atoms with van der Waals surface area (Å²) in [6, 6.07) is 1.63. The molecule has 0 aromatic carbocycles. The Labute approximate surface area is 94.1 Å². The molecule has 0 bridgehead atoms. The molecule has 0 unspecified atom stereocenters. The summed E-state index contributed by atoms with van der Waals surface area (Å²) < 4.78 is 1.50. The molecule has 0 spiro atoms. The number of aliphatic hydroxyl groups excluding tert-OH is 1. The first-order valence-electron chi connectivity index (χ1n) is 5.77. The molecular formula is C11H17N3O2. The number of rotatable bonds is 4. The van der Waals surface area contributed by atoms with Gasteiger partial charge in [0.25, 0.3) is 5.56 Å². The van der Waals surface area contributed by atoms with E-state index in [4.69, 9.17) is 5.11 Å². The number of unbranched alkanes of at least 4 members (excludes halogenated alkanes) is 1. The Kier molecular flexibility index (Phi) is 3.56. The van der Waals surface area contributed by atoms with Crippen molar-refractivity contribution in [3.63, 3.8) is 0 Å². The van der Waals surface area contributed by atoms with Gasteiger partial charge >= 0.3 is 0 Å². The van der Waals surface area contributed by atoms with Crippen molar-refractivity contribution in [2.24, 2.45) is 0 Å². The second kappa shape index (κ2) is 5.12. The van der Waals surface area contributed by atoms with Crippen LogP contribution in [-0.4, -0.2) is 28.0 Å². The number of fused-ring (bicyclic) bond motifs is 1. The normalized spacial score (nSPS) is 14.3. The average molecular weight is 223 g/mol. The molecule has 1 aromatic rings. The van der Waals surface area contributed by atoms with Crippen LogP contribution < -0.4 is 10.9 Å². The molecule has 16 heavy (non-hydrogen) atoms. The van der Waals surface area contributed by atoms with Crippen LogP contribution in [0.5, 0.6) is 0 Å². The lowest BCUT2D eigenvalue weighted by molar-refractivity contribution is 0.279. The molecule has 0 aliphatic carbocycles. The van der Waals surface area contributed by atoms with Crippen LogP contribution in [0, 0.1) is 0 Å². The van der Waals surface area contributed by atoms with Crippen molar-refractivity contribution in [3.05, 3.63) is 22.1 Å². The molecule has 0 saturated heterocycles. The third-order valence-electron chi connectivity index (χ3n) is 2.76. The maximum absolute atomic E-state index is 11.7. The second-order valence-electron chi connectivity index (χ2n) is 4.03. The highest BCUT2D eigenvalue weighted by Crippen LogP contribution is 2.16. The van der Waals surface area contributed by atoms with Gasteiger partial charge in [0, 0.05) is 25.8 Å². The van der Waals surface area contributed by atoms with Crippen LogP contribution in [0.4, 0.5) is 5.69 Å². The number of nitrogens with one attached hydrogen (secondary N) is 1. The first kappa shape index (κ1) is 11.1. The van der Waals surface area contributed by atoms with E-state index in [-0.39, 0.29) is 12.2 Å². The summed E-state index contributed by atoms with van der Waals surface area (Å²) in [5, 5.41) is 16.2. The molecular weight excluding hydrogens is 206 g/mol. The molecule has 1 aliphatic heterocycles. The molecule has 5 heteroatoms. The van der Waals surface area contributed by atoms with Gasteiger partial charge in [0.15, 0.2) is 0 Å². The van der Waals surface area contributed by atoms with Gasteiger partial charge in [-0.1, -0.05) is 0 Å². The Morgan fingerprint density at radius 1 is 1.50 bits per heavy atom. The summed E-state index contributed by atoms with van der Waals surface area (Å²) in [4.78, 5) is 11.7. The monoisotopic (exact) mass is 223 g/mol. The highest BCUT2D eigenvalue weighted by atomic mass is 16.2. The van der Waals surface area contributed by atoms with Gasteiger partial charge in [-0.05, 0) is 25.7 Å². The zero-order valence-electron chi connectivity index (χ0n) is 9.28. The van der Waals surface area contributed by atoms with Gasteiger partial charge in [0.05, 0.1) is 11.4 Å². The Morgan fingerprint density at radius 2 is 2.38 bits per heavy atom. The number of aliphatic hydroxyl groups is 1. The quantitative estimate of drug-likeness (QED) is 0.724. The topological polar surface area (TPSA) is 67.2 Å². The van der Waals surface area contributed by atoms with E-state index in [0.717, 1.165) is 37.2 Å². The third kappa shape index (κ3) is 2.41. The first-order chi connectivity index (χ1) is 7.81. The van der Waals surface area contributed by atoms with E-state index >= 15 is 0 Å². The molecule has 5 nitrogen and oxygen atoms in total. The van der Waals surface area contributed by atoms with Gasteiger partial charge in [0.1, 0.15) is 0 Å². The van der Waals surface area contributed by atoms with E-state index in [2.05, 4.69) is 10.4 Å². The van der Waals surface area contributed by atoms with Gasteiger partial charge in [-0.15, -0.1) is 0 Å². The van der Waals surface area contributed by atoms with Crippen molar-refractivity contribution in [1.82, 2.24) is 9.78 Å². The fourth-order valence-corrected chi connectivity index (χ4v) is 1.88. The van der Waals surface area contributed by atoms with Crippen molar-refractivity contribution < 1.29 is 5.11 Å². The first-order valence-corrected chi connectivity index (χ1v) is 5.77. The molecule has 0 saturated carbocycles. The zero-order chi connectivity index (χ0) is 11.4. The van der Waals surface area contributed by atoms with Gasteiger partial charge < -0.3 is 10.4 Å². The molecule has 1 aliphatic rings. The zero-order valence-corrected chi connectivity index (χ0v) is 9.28. The van der Waals surface area contributed by atoms with Gasteiger partial charge in [0.2, 0.25) is 0 Å². The highest BCUT2D eigenvalue weighted by Gasteiger charge is 2.12. The molecule has 0 amide bonds. The Balaban J connectivity index is 2.16. The lowest BCUT2D eigenvalue weighted by Crippen LogP contribution is -2.27. The maximum atomic E-state index is 11.7. The van der Waals surface area contributed by atoms with Crippen molar-refractivity contribution in [2.75, 3.05) is 18.5 Å². The van der Waals surface area contributed by atoms with Crippen LogP contribution in [0.15, 0.2) is 10.9 Å². The van der Waals surface area contributed by atoms with Gasteiger partial charge in [-0.25, -0.2) is 4.68 Å². The summed E-state index contributed by atoms with van der Waals surface area (Å²) in [5.41, 5.74) is 1.80. The van der Waals surface area contributed by atoms with Crippen LogP contribution in [0.3, 0.4) is 0 Å². The third-order valence-corrected chi connectivity index (χ3v) is 2.76. The van der Waals surface area contributed by atoms with E-state index in [0.29, 0.717) is 13.0 Å². The molecule has 1 aromatic heterocycles. The Bertz CT molecular complexity index is 414. The number of hydrogen-bond acceptors (Lipinski definition) is 4. The number of anilines is 1. The van der Waals surface area contributed by atoms with Crippen molar-refractivity contribution >= 4 is 5.69 Å². The van der Waals surface area contributed by atoms with Crippen molar-refractivity contribution in [3.8, 4) is 0 Å². The second-order valence-corrected chi connectivity index (χ2v) is 4.03. The summed E-state index contributed by atoms with van der Waals surface area (Å²) in [6.07, 6.45) is 3.50. The number of aromatic nitrogens is 2. The van der Waals surface area contributed by atoms with Crippen molar-refractivity contribution in [2.45, 2.75) is 32.2 Å². The summed E-state index contributed by atoms with van der Waals surface area (Å²) in [6.45, 7) is 1.68. The Hall–Kier alpha value is -1.36. The van der Waals surface area contributed by atoms with Crippen LogP contribution >= 0.6 is 0 Å². The fourth-order valence-electron chi connectivity index (χ4n) is 1.88. The van der Waals surface area contributed by atoms with E-state index in [1.165, 1.54) is 4.68 Å². The minimum Gasteiger partial charge on any atom is -0.396 e. The van der Waals surface area contributed by atoms with Crippen molar-refractivity contribution in [1.29, 1.82) is 0 Å². The molecule has 0 radical (unpaired) electrons. The molecule has 0 atom stereocenters. The average Bonchev–Trinajstić information content (AvgIpc) is 2.30. The predicted molar refractivity (Wildman–Crippen MR) is 61.6 cm³/mol. The molecule has 2 N–H and O–H groups in total. The molecule has 2 rings (SSSR count). The smallest absolute Gasteiger partial charge is 0.268 e. The van der Waals surface area contributed by atoms with E-state index < -0.39 is 0 Å². The number of aryl methyl sites for hydroxylation is 2. The molecule has 88 valence electrons. The minimum atomic E-state index is -0.0638. The van der Waals surface area contributed by atoms with Gasteiger partial charge in [-0.2, -0.15) is 5.10 Å². The largest absolute Gasteiger partial charge is 0.396 e. The van der Waals surface area contributed by atoms with E-state index in [9.17, 15) is 4.79 Å². The van der Waals surface area contributed by atoms with Gasteiger partial charge in [-0.3, -0.25) is 4.79 Å². The summed E-state index contributed by atoms with van der Waals surface area (Å²) in [7, 11) is 0. The fraction of sp³-hybridized carbons (Fsp3) is 0.636. The van der Waals surface area contributed by atoms with Crippen LogP contribution in [-0.2, 0) is 13.0 Å². The van der Waals surface area contributed by atoms with Crippen LogP contribution in [0.1, 0.15) is 25.0 Å². The SMILES string of the molecule is O=c1cc2c(nn1CCCCO)CCCN2. The van der Waals surface area contributed by atoms with Crippen LogP contribution in [0.2, 0.25) is 0 Å². The Morgan fingerprint density at radius 3 is 3.19 bits per heavy atom. The molecule has 2 heterocycles. The highest BCUT2D eigenvalue weighted by molar-refractivity contribution is 5.48. The minimum absolute atomic E-state index is 0.0638. The summed E-state index contributed by atoms with van der Waals surface area (Å²) >= 11 is 0. The number of nitrogens with zero attached hydrogens (tertiary/aromatic N) is 2. The summed E-state index contributed by atoms with van der Waals surface area (Å²) in [5.74, 6) is 0.